The molecule has 8 N–H and O–H groups in total. The standard InChI is InChI=1S/C43H29N9O14S3/c44-39-34(51-47-26-8-6-23-17-37(69(63,64)65)40(42(55)30(23)18-26)52-50-33-19-27(67(57,58)59)10-15-35(33)66-21-53)20-36(68(60,61)62)29-12-14-32(43(56)38(29)39)49-46-25-9-11-28-22(16-25)7-13-31(41(28)54)48-45-24-4-2-1-3-5-24/h1-21,54-56H,44H2,(H,57,58,59)(H,60,61,62)(H,63,64,65). The molecule has 0 aliphatic carbocycles. The first-order chi connectivity index (χ1) is 32.7. The Kier molecular flexibility index (Phi) is 12.4. The Bertz CT molecular complexity index is 3930. The van der Waals surface area contributed by atoms with Crippen molar-refractivity contribution in [2.45, 2.75) is 14.7 Å². The Morgan fingerprint density at radius 2 is 1.04 bits per heavy atom. The summed E-state index contributed by atoms with van der Waals surface area (Å²) in [4.78, 5) is 8.64. The maximum Gasteiger partial charge on any atom is 0.298 e. The molecule has 26 heteroatoms. The van der Waals surface area contributed by atoms with Crippen molar-refractivity contribution in [1.29, 1.82) is 0 Å². The third kappa shape index (κ3) is 9.77. The van der Waals surface area contributed by atoms with E-state index in [0.717, 1.165) is 36.4 Å². The number of phenolic OH excluding ortho intramolecular Hbond substituents is 3. The minimum atomic E-state index is -5.15. The highest BCUT2D eigenvalue weighted by Gasteiger charge is 2.25. The van der Waals surface area contributed by atoms with Gasteiger partial charge in [-0.05, 0) is 95.7 Å². The minimum Gasteiger partial charge on any atom is -0.505 e. The van der Waals surface area contributed by atoms with Crippen LogP contribution in [-0.4, -0.2) is 60.7 Å². The van der Waals surface area contributed by atoms with Crippen LogP contribution in [0.5, 0.6) is 23.0 Å². The summed E-state index contributed by atoms with van der Waals surface area (Å²) >= 11 is 0. The van der Waals surface area contributed by atoms with Crippen molar-refractivity contribution in [3.8, 4) is 23.0 Å². The van der Waals surface area contributed by atoms with E-state index in [1.165, 1.54) is 30.3 Å². The molecule has 0 amide bonds. The number of carbonyl (C=O) groups is 1. The molecular formula is C43H29N9O14S3. The zero-order valence-corrected chi connectivity index (χ0v) is 36.9. The number of rotatable bonds is 13. The molecule has 0 fully saturated rings. The van der Waals surface area contributed by atoms with E-state index >= 15 is 0 Å². The Balaban J connectivity index is 1.15. The first kappa shape index (κ1) is 46.9. The van der Waals surface area contributed by atoms with Crippen LogP contribution in [0.3, 0.4) is 0 Å². The lowest BCUT2D eigenvalue weighted by molar-refractivity contribution is -0.120. The van der Waals surface area contributed by atoms with Gasteiger partial charge in [-0.3, -0.25) is 18.5 Å². The fourth-order valence-corrected chi connectivity index (χ4v) is 8.65. The molecule has 23 nitrogen and oxygen atoms in total. The molecular weight excluding hydrogens is 963 g/mol. The van der Waals surface area contributed by atoms with Gasteiger partial charge in [-0.15, -0.1) is 25.6 Å². The maximum absolute atomic E-state index is 12.6. The van der Waals surface area contributed by atoms with Gasteiger partial charge in [0.15, 0.2) is 23.0 Å². The highest BCUT2D eigenvalue weighted by atomic mass is 32.2. The summed E-state index contributed by atoms with van der Waals surface area (Å²) in [5, 5.41) is 66.0. The smallest absolute Gasteiger partial charge is 0.298 e. The van der Waals surface area contributed by atoms with Crippen molar-refractivity contribution in [2.24, 2.45) is 40.9 Å². The Labute approximate surface area is 388 Å². The summed E-state index contributed by atoms with van der Waals surface area (Å²) in [5.74, 6) is -2.12. The first-order valence-electron chi connectivity index (χ1n) is 19.2. The summed E-state index contributed by atoms with van der Waals surface area (Å²) < 4.78 is 108. The van der Waals surface area contributed by atoms with Crippen LogP contribution in [0.4, 0.5) is 51.2 Å². The number of ether oxygens (including phenoxy) is 1. The summed E-state index contributed by atoms with van der Waals surface area (Å²) in [6, 6.07) is 27.3. The molecule has 0 bridgehead atoms. The zero-order valence-electron chi connectivity index (χ0n) is 34.5. The van der Waals surface area contributed by atoms with E-state index in [-0.39, 0.29) is 62.2 Å². The van der Waals surface area contributed by atoms with Gasteiger partial charge in [0.05, 0.1) is 33.0 Å². The van der Waals surface area contributed by atoms with Gasteiger partial charge < -0.3 is 25.8 Å². The number of benzene rings is 8. The molecule has 0 aliphatic heterocycles. The van der Waals surface area contributed by atoms with E-state index < -0.39 is 79.4 Å². The summed E-state index contributed by atoms with van der Waals surface area (Å²) in [6.45, 7) is -0.0447. The number of hydrogen-bond acceptors (Lipinski definition) is 20. The molecule has 0 saturated carbocycles. The topological polar surface area (TPSA) is 375 Å². The van der Waals surface area contributed by atoms with Crippen LogP contribution in [0.25, 0.3) is 32.3 Å². The normalized spacial score (nSPS) is 12.7. The molecule has 0 unspecified atom stereocenters. The second-order valence-corrected chi connectivity index (χ2v) is 18.6. The number of nitrogen functional groups attached to an aromatic ring is 1. The molecule has 0 aromatic heterocycles. The largest absolute Gasteiger partial charge is 0.505 e. The molecule has 8 rings (SSSR count). The first-order valence-corrected chi connectivity index (χ1v) is 23.6. The second-order valence-electron chi connectivity index (χ2n) is 14.4. The van der Waals surface area contributed by atoms with Crippen molar-refractivity contribution in [2.75, 3.05) is 5.73 Å². The molecule has 8 aromatic carbocycles. The van der Waals surface area contributed by atoms with E-state index in [4.69, 9.17) is 10.5 Å². The number of hydrogen-bond donors (Lipinski definition) is 7. The summed E-state index contributed by atoms with van der Waals surface area (Å²) in [7, 11) is -15.0. The molecule has 69 heavy (non-hydrogen) atoms. The summed E-state index contributed by atoms with van der Waals surface area (Å²) in [5.41, 5.74) is 5.09. The van der Waals surface area contributed by atoms with Crippen molar-refractivity contribution in [3.63, 3.8) is 0 Å². The van der Waals surface area contributed by atoms with Crippen LogP contribution in [0, 0.1) is 0 Å². The number of nitrogens with two attached hydrogens (primary N) is 1. The lowest BCUT2D eigenvalue weighted by Crippen LogP contribution is -2.01. The molecule has 0 spiro atoms. The van der Waals surface area contributed by atoms with Gasteiger partial charge >= 0.3 is 0 Å². The number of phenols is 3. The average molecular weight is 992 g/mol. The van der Waals surface area contributed by atoms with E-state index in [1.54, 1.807) is 48.5 Å². The van der Waals surface area contributed by atoms with Gasteiger partial charge in [-0.1, -0.05) is 36.4 Å². The third-order valence-electron chi connectivity index (χ3n) is 10.0. The number of nitrogens with zero attached hydrogens (tertiary/aromatic N) is 8. The van der Waals surface area contributed by atoms with E-state index in [1.807, 2.05) is 6.07 Å². The van der Waals surface area contributed by atoms with Crippen LogP contribution in [0.15, 0.2) is 177 Å². The third-order valence-corrected chi connectivity index (χ3v) is 12.6. The molecule has 0 aliphatic rings. The summed E-state index contributed by atoms with van der Waals surface area (Å²) in [6.07, 6.45) is 0. The van der Waals surface area contributed by atoms with Crippen LogP contribution in [0.1, 0.15) is 0 Å². The number of azo groups is 4. The highest BCUT2D eigenvalue weighted by molar-refractivity contribution is 7.86. The fourth-order valence-electron chi connectivity index (χ4n) is 6.78. The number of fused-ring (bicyclic) bond motifs is 3. The zero-order chi connectivity index (χ0) is 49.4. The molecule has 8 aromatic rings. The quantitative estimate of drug-likeness (QED) is 0.0244. The fraction of sp³-hybridized carbons (Fsp3) is 0. The van der Waals surface area contributed by atoms with Gasteiger partial charge in [0.1, 0.15) is 38.2 Å². The Morgan fingerprint density at radius 3 is 1.72 bits per heavy atom. The average Bonchev–Trinajstić information content (AvgIpc) is 3.30. The van der Waals surface area contributed by atoms with Crippen molar-refractivity contribution in [3.05, 3.63) is 121 Å². The van der Waals surface area contributed by atoms with Crippen molar-refractivity contribution >= 4 is 120 Å². The minimum absolute atomic E-state index is 0.0142. The Hall–Kier alpha value is -8.66. The van der Waals surface area contributed by atoms with E-state index in [9.17, 15) is 59.0 Å². The van der Waals surface area contributed by atoms with Crippen molar-refractivity contribution < 1.29 is 63.8 Å². The Morgan fingerprint density at radius 1 is 0.464 bits per heavy atom. The van der Waals surface area contributed by atoms with Crippen LogP contribution < -0.4 is 10.5 Å². The van der Waals surface area contributed by atoms with Crippen LogP contribution in [-0.2, 0) is 35.1 Å². The van der Waals surface area contributed by atoms with E-state index in [2.05, 4.69) is 40.9 Å². The van der Waals surface area contributed by atoms with Gasteiger partial charge in [-0.25, -0.2) is 0 Å². The van der Waals surface area contributed by atoms with Crippen LogP contribution >= 0.6 is 0 Å². The number of anilines is 1. The van der Waals surface area contributed by atoms with Crippen molar-refractivity contribution in [1.82, 2.24) is 0 Å². The second kappa shape index (κ2) is 18.2. The van der Waals surface area contributed by atoms with Gasteiger partial charge in [0.2, 0.25) is 0 Å². The lowest BCUT2D eigenvalue weighted by Gasteiger charge is -2.12. The predicted octanol–water partition coefficient (Wildman–Crippen LogP) is 10.8. The molecule has 348 valence electrons. The van der Waals surface area contributed by atoms with Gasteiger partial charge in [-0.2, -0.15) is 40.6 Å². The molecule has 0 heterocycles. The number of aromatic hydroxyl groups is 3. The SMILES string of the molecule is Nc1c(N=Nc2ccc3cc(S(=O)(=O)O)c(N=Nc4cc(S(=O)(=O)O)ccc4OC=O)c(O)c3c2)cc(S(=O)(=O)O)c2ccc(N=Nc3ccc4c(O)c(N=Nc5ccccc5)ccc4c3)c(O)c12. The van der Waals surface area contributed by atoms with E-state index in [0.29, 0.717) is 16.5 Å². The van der Waals surface area contributed by atoms with Gasteiger partial charge in [0, 0.05) is 16.2 Å². The monoisotopic (exact) mass is 991 g/mol. The predicted molar refractivity (Wildman–Crippen MR) is 247 cm³/mol. The van der Waals surface area contributed by atoms with Crippen LogP contribution in [0.2, 0.25) is 0 Å². The molecule has 0 radical (unpaired) electrons. The highest BCUT2D eigenvalue weighted by Crippen LogP contribution is 2.47. The molecule has 0 atom stereocenters. The molecule has 0 saturated heterocycles. The maximum atomic E-state index is 12.6. The van der Waals surface area contributed by atoms with Gasteiger partial charge in [0.25, 0.3) is 36.8 Å². The lowest BCUT2D eigenvalue weighted by atomic mass is 10.1. The number of carbonyl (C=O) groups excluding carboxylic acids is 1.